The Morgan fingerprint density at radius 3 is 2.14 bits per heavy atom. The van der Waals surface area contributed by atoms with E-state index in [4.69, 9.17) is 5.26 Å². The van der Waals surface area contributed by atoms with E-state index in [0.717, 1.165) is 11.1 Å². The summed E-state index contributed by atoms with van der Waals surface area (Å²) in [5, 5.41) is 13.1. The molecule has 2 aromatic carbocycles. The van der Waals surface area contributed by atoms with Crippen LogP contribution in [-0.4, -0.2) is 14.8 Å². The molecule has 3 aromatic rings. The SMILES string of the molecule is N#Cc1ccc(C(c2ccc(F)cc2)n2cncn2)cc1. The first-order valence-corrected chi connectivity index (χ1v) is 6.37. The Balaban J connectivity index is 2.08. The fourth-order valence-electron chi connectivity index (χ4n) is 2.23. The van der Waals surface area contributed by atoms with Gasteiger partial charge in [-0.3, -0.25) is 0 Å². The Morgan fingerprint density at radius 2 is 1.62 bits per heavy atom. The van der Waals surface area contributed by atoms with Crippen molar-refractivity contribution in [2.75, 3.05) is 0 Å². The molecule has 0 saturated heterocycles. The van der Waals surface area contributed by atoms with Crippen LogP contribution in [0.2, 0.25) is 0 Å². The summed E-state index contributed by atoms with van der Waals surface area (Å²) < 4.78 is 14.8. The lowest BCUT2D eigenvalue weighted by molar-refractivity contribution is 0.588. The van der Waals surface area contributed by atoms with Crippen LogP contribution in [-0.2, 0) is 0 Å². The first-order valence-electron chi connectivity index (χ1n) is 6.37. The molecule has 1 atom stereocenters. The van der Waals surface area contributed by atoms with Gasteiger partial charge in [0.25, 0.3) is 0 Å². The van der Waals surface area contributed by atoms with Crippen molar-refractivity contribution in [3.63, 3.8) is 0 Å². The largest absolute Gasteiger partial charge is 0.241 e. The average molecular weight is 278 g/mol. The highest BCUT2D eigenvalue weighted by molar-refractivity contribution is 5.37. The van der Waals surface area contributed by atoms with Crippen molar-refractivity contribution in [1.82, 2.24) is 14.8 Å². The number of hydrogen-bond donors (Lipinski definition) is 0. The molecule has 0 aliphatic carbocycles. The zero-order valence-corrected chi connectivity index (χ0v) is 11.0. The summed E-state index contributed by atoms with van der Waals surface area (Å²) in [5.41, 5.74) is 2.44. The zero-order chi connectivity index (χ0) is 14.7. The van der Waals surface area contributed by atoms with Crippen LogP contribution in [0.15, 0.2) is 61.2 Å². The van der Waals surface area contributed by atoms with E-state index in [9.17, 15) is 4.39 Å². The number of rotatable bonds is 3. The van der Waals surface area contributed by atoms with E-state index in [2.05, 4.69) is 16.2 Å². The van der Waals surface area contributed by atoms with Crippen molar-refractivity contribution < 1.29 is 4.39 Å². The Morgan fingerprint density at radius 1 is 1.00 bits per heavy atom. The monoisotopic (exact) mass is 278 g/mol. The summed E-state index contributed by atoms with van der Waals surface area (Å²) in [6.07, 6.45) is 3.08. The fraction of sp³-hybridized carbons (Fsp3) is 0.0625. The Labute approximate surface area is 121 Å². The lowest BCUT2D eigenvalue weighted by Crippen LogP contribution is -2.13. The lowest BCUT2D eigenvalue weighted by atomic mass is 9.98. The van der Waals surface area contributed by atoms with E-state index in [1.165, 1.54) is 18.5 Å². The van der Waals surface area contributed by atoms with E-state index in [1.54, 1.807) is 35.3 Å². The van der Waals surface area contributed by atoms with E-state index in [1.807, 2.05) is 12.1 Å². The third kappa shape index (κ3) is 2.65. The van der Waals surface area contributed by atoms with Gasteiger partial charge < -0.3 is 0 Å². The summed E-state index contributed by atoms with van der Waals surface area (Å²) in [5.74, 6) is -0.282. The summed E-state index contributed by atoms with van der Waals surface area (Å²) in [6, 6.07) is 15.4. The number of benzene rings is 2. The van der Waals surface area contributed by atoms with Gasteiger partial charge in [-0.15, -0.1) is 0 Å². The summed E-state index contributed by atoms with van der Waals surface area (Å²) in [6.45, 7) is 0. The maximum Gasteiger partial charge on any atom is 0.137 e. The van der Waals surface area contributed by atoms with Crippen molar-refractivity contribution in [3.05, 3.63) is 83.7 Å². The van der Waals surface area contributed by atoms with Crippen LogP contribution in [0.25, 0.3) is 0 Å². The average Bonchev–Trinajstić information content (AvgIpc) is 3.04. The number of hydrogen-bond acceptors (Lipinski definition) is 3. The second-order valence-corrected chi connectivity index (χ2v) is 4.56. The molecule has 1 unspecified atom stereocenters. The zero-order valence-electron chi connectivity index (χ0n) is 11.0. The van der Waals surface area contributed by atoms with Crippen molar-refractivity contribution in [3.8, 4) is 6.07 Å². The molecule has 5 heteroatoms. The Bertz CT molecular complexity index is 756. The molecule has 0 spiro atoms. The van der Waals surface area contributed by atoms with Crippen LogP contribution < -0.4 is 0 Å². The van der Waals surface area contributed by atoms with Crippen molar-refractivity contribution >= 4 is 0 Å². The molecule has 0 N–H and O–H groups in total. The Hall–Kier alpha value is -3.00. The van der Waals surface area contributed by atoms with Gasteiger partial charge in [0.1, 0.15) is 24.5 Å². The topological polar surface area (TPSA) is 54.5 Å². The first kappa shape index (κ1) is 13.0. The molecule has 0 aliphatic rings. The molecule has 0 fully saturated rings. The van der Waals surface area contributed by atoms with Crippen LogP contribution in [0, 0.1) is 17.1 Å². The minimum Gasteiger partial charge on any atom is -0.241 e. The molecule has 4 nitrogen and oxygen atoms in total. The number of halogens is 1. The summed E-state index contributed by atoms with van der Waals surface area (Å²) in [4.78, 5) is 3.97. The summed E-state index contributed by atoms with van der Waals surface area (Å²) in [7, 11) is 0. The van der Waals surface area contributed by atoms with Crippen LogP contribution in [0.3, 0.4) is 0 Å². The van der Waals surface area contributed by atoms with E-state index < -0.39 is 0 Å². The minimum atomic E-state index is -0.282. The van der Waals surface area contributed by atoms with Gasteiger partial charge in [0.2, 0.25) is 0 Å². The number of aromatic nitrogens is 3. The predicted octanol–water partition coefficient (Wildman–Crippen LogP) is 2.93. The second kappa shape index (κ2) is 5.55. The van der Waals surface area contributed by atoms with Gasteiger partial charge in [-0.25, -0.2) is 14.1 Å². The van der Waals surface area contributed by atoms with Crippen LogP contribution in [0.4, 0.5) is 4.39 Å². The van der Waals surface area contributed by atoms with Crippen molar-refractivity contribution in [1.29, 1.82) is 5.26 Å². The smallest absolute Gasteiger partial charge is 0.137 e. The van der Waals surface area contributed by atoms with E-state index in [-0.39, 0.29) is 11.9 Å². The van der Waals surface area contributed by atoms with Crippen molar-refractivity contribution in [2.24, 2.45) is 0 Å². The Kier molecular flexibility index (Phi) is 3.44. The van der Waals surface area contributed by atoms with Crippen LogP contribution in [0.1, 0.15) is 22.7 Å². The third-order valence-corrected chi connectivity index (χ3v) is 3.24. The molecule has 102 valence electrons. The second-order valence-electron chi connectivity index (χ2n) is 4.56. The fourth-order valence-corrected chi connectivity index (χ4v) is 2.23. The van der Waals surface area contributed by atoms with Gasteiger partial charge in [-0.2, -0.15) is 10.4 Å². The van der Waals surface area contributed by atoms with Gasteiger partial charge in [-0.05, 0) is 35.4 Å². The van der Waals surface area contributed by atoms with Gasteiger partial charge in [0, 0.05) is 0 Å². The molecule has 0 aliphatic heterocycles. The molecule has 21 heavy (non-hydrogen) atoms. The third-order valence-electron chi connectivity index (χ3n) is 3.24. The van der Waals surface area contributed by atoms with E-state index >= 15 is 0 Å². The quantitative estimate of drug-likeness (QED) is 0.740. The van der Waals surface area contributed by atoms with Gasteiger partial charge in [0.05, 0.1) is 11.6 Å². The highest BCUT2D eigenvalue weighted by Crippen LogP contribution is 2.26. The normalized spacial score (nSPS) is 11.8. The molecular weight excluding hydrogens is 267 g/mol. The highest BCUT2D eigenvalue weighted by Gasteiger charge is 2.17. The van der Waals surface area contributed by atoms with Gasteiger partial charge >= 0.3 is 0 Å². The number of nitriles is 1. The predicted molar refractivity (Wildman–Crippen MR) is 74.8 cm³/mol. The maximum atomic E-state index is 13.1. The van der Waals surface area contributed by atoms with Crippen LogP contribution >= 0.6 is 0 Å². The lowest BCUT2D eigenvalue weighted by Gasteiger charge is -2.18. The highest BCUT2D eigenvalue weighted by atomic mass is 19.1. The van der Waals surface area contributed by atoms with Gasteiger partial charge in [-0.1, -0.05) is 24.3 Å². The molecule has 1 heterocycles. The van der Waals surface area contributed by atoms with Crippen molar-refractivity contribution in [2.45, 2.75) is 6.04 Å². The first-order chi connectivity index (χ1) is 10.3. The summed E-state index contributed by atoms with van der Waals surface area (Å²) >= 11 is 0. The molecule has 1 aromatic heterocycles. The molecule has 0 radical (unpaired) electrons. The van der Waals surface area contributed by atoms with Gasteiger partial charge in [0.15, 0.2) is 0 Å². The molecule has 0 saturated carbocycles. The maximum absolute atomic E-state index is 13.1. The molecule has 0 bridgehead atoms. The van der Waals surface area contributed by atoms with E-state index in [0.29, 0.717) is 5.56 Å². The standard InChI is InChI=1S/C16H11FN4/c17-15-7-5-14(6-8-15)16(21-11-19-10-20-21)13-3-1-12(9-18)2-4-13/h1-8,10-11,16H. The molecule has 0 amide bonds. The number of nitrogens with zero attached hydrogens (tertiary/aromatic N) is 4. The molecular formula is C16H11FN4. The van der Waals surface area contributed by atoms with Crippen LogP contribution in [0.5, 0.6) is 0 Å². The molecule has 3 rings (SSSR count). The minimum absolute atomic E-state index is 0.208.